The Morgan fingerprint density at radius 1 is 0.474 bits per heavy atom. The van der Waals surface area contributed by atoms with Gasteiger partial charge in [0.15, 0.2) is 0 Å². The zero-order valence-corrected chi connectivity index (χ0v) is 23.6. The van der Waals surface area contributed by atoms with Crippen LogP contribution >= 0.6 is 15.6 Å². The number of hydrogen-bond acceptors (Lipinski definition) is 8. The summed E-state index contributed by atoms with van der Waals surface area (Å²) in [6.07, 6.45) is 0. The predicted octanol–water partition coefficient (Wildman–Crippen LogP) is -19.5. The maximum Gasteiger partial charge on any atom is 2.00 e. The van der Waals surface area contributed by atoms with E-state index in [1.807, 2.05) is 0 Å². The molecule has 0 rings (SSSR count). The van der Waals surface area contributed by atoms with Crippen molar-refractivity contribution >= 4 is 204 Å². The zero-order chi connectivity index (χ0) is 9.00. The van der Waals surface area contributed by atoms with Crippen LogP contribution < -0.4 is 63.6 Å². The smallest absolute Gasteiger partial charge is 1.00 e. The largest absolute Gasteiger partial charge is 2.00 e. The Labute approximate surface area is 270 Å². The normalized spacial score (nSPS) is 6.21. The Kier molecular flexibility index (Phi) is 152. The van der Waals surface area contributed by atoms with Crippen LogP contribution in [0.2, 0.25) is 0 Å². The van der Waals surface area contributed by atoms with E-state index < -0.39 is 15.6 Å². The average molecular weight is 499 g/mol. The topological polar surface area (TPSA) is 172 Å². The third-order valence-corrected chi connectivity index (χ3v) is 0. The van der Waals surface area contributed by atoms with Gasteiger partial charge in [-0.15, -0.1) is 0 Å². The second kappa shape index (κ2) is 39.9. The summed E-state index contributed by atoms with van der Waals surface area (Å²) in [5, 5.41) is 0. The van der Waals surface area contributed by atoms with Gasteiger partial charge in [-0.25, -0.2) is 0 Å². The van der Waals surface area contributed by atoms with Crippen molar-refractivity contribution in [2.45, 2.75) is 0 Å². The van der Waals surface area contributed by atoms with E-state index in [-0.39, 0.29) is 223 Å². The van der Waals surface area contributed by atoms with Gasteiger partial charge in [0.2, 0.25) is 0 Å². The van der Waals surface area contributed by atoms with Crippen molar-refractivity contribution in [3.8, 4) is 0 Å². The van der Waals surface area contributed by atoms with Gasteiger partial charge in [0.25, 0.3) is 0 Å². The first-order chi connectivity index (χ1) is 4.00. The van der Waals surface area contributed by atoms with Gasteiger partial charge in [-0.05, 0) is 0 Å². The summed E-state index contributed by atoms with van der Waals surface area (Å²) < 4.78 is 17.1. The first kappa shape index (κ1) is 72.3. The van der Waals surface area contributed by atoms with E-state index in [1.54, 1.807) is 0 Å². The van der Waals surface area contributed by atoms with Crippen molar-refractivity contribution < 1.29 is 72.7 Å². The van der Waals surface area contributed by atoms with Crippen LogP contribution in [0.15, 0.2) is 0 Å². The molecule has 0 spiro atoms. The molecule has 19 heteroatoms. The molecule has 0 atom stereocenters. The van der Waals surface area contributed by atoms with Crippen molar-refractivity contribution in [3.63, 3.8) is 0 Å². The van der Waals surface area contributed by atoms with Crippen molar-refractivity contribution in [3.05, 3.63) is 0 Å². The number of rotatable bonds is 0. The molecule has 0 fully saturated rings. The summed E-state index contributed by atoms with van der Waals surface area (Å²) in [5.41, 5.74) is 0. The van der Waals surface area contributed by atoms with Crippen molar-refractivity contribution in [2.75, 3.05) is 0 Å². The summed E-state index contributed by atoms with van der Waals surface area (Å²) in [5.74, 6) is 0. The molecule has 0 aromatic heterocycles. The Bertz CT molecular complexity index is 151. The molecule has 0 aliphatic carbocycles. The van der Waals surface area contributed by atoms with Crippen LogP contribution in [-0.4, -0.2) is 189 Å². The molecule has 0 amide bonds. The number of halogens is 4. The maximum atomic E-state index is 8.55. The quantitative estimate of drug-likeness (QED) is 0.233. The monoisotopic (exact) mass is 498 g/mol. The molecule has 0 aliphatic rings. The Morgan fingerprint density at radius 2 is 0.474 bits per heavy atom. The van der Waals surface area contributed by atoms with Gasteiger partial charge in [-0.3, -0.25) is 0 Å². The molecule has 0 heterocycles. The average Bonchev–Trinajstić information content (AvgIpc) is 1.12. The van der Waals surface area contributed by atoms with Gasteiger partial charge in [0.1, 0.15) is 0 Å². The molecule has 19 heavy (non-hydrogen) atoms. The molecular weight excluding hydrogens is 499 g/mol. The summed E-state index contributed by atoms with van der Waals surface area (Å²) in [6.45, 7) is 0. The van der Waals surface area contributed by atoms with E-state index in [4.69, 9.17) is 38.5 Å². The van der Waals surface area contributed by atoms with Crippen LogP contribution in [0.25, 0.3) is 0 Å². The molecule has 0 unspecified atom stereocenters. The van der Waals surface area contributed by atoms with E-state index in [0.717, 1.165) is 0 Å². The van der Waals surface area contributed by atoms with Crippen LogP contribution in [0.3, 0.4) is 0 Å². The van der Waals surface area contributed by atoms with Crippen molar-refractivity contribution in [2.24, 2.45) is 0 Å². The third kappa shape index (κ3) is 272. The van der Waals surface area contributed by atoms with Crippen molar-refractivity contribution in [1.29, 1.82) is 0 Å². The zero-order valence-electron chi connectivity index (χ0n) is 9.21. The van der Waals surface area contributed by atoms with Gasteiger partial charge in [0, 0.05) is 0 Å². The summed E-state index contributed by atoms with van der Waals surface area (Å²) in [4.78, 5) is 51.3. The number of hydrogen-bond donors (Lipinski definition) is 0. The molecule has 0 N–H and O–H groups in total. The molecular formula is Ca5Cl2F2O8P2. The molecule has 0 radical (unpaired) electrons. The van der Waals surface area contributed by atoms with E-state index in [2.05, 4.69) is 0 Å². The fourth-order valence-electron chi connectivity index (χ4n) is 0. The molecule has 0 aromatic carbocycles. The third-order valence-electron chi connectivity index (χ3n) is 0. The second-order valence-corrected chi connectivity index (χ2v) is 2.68. The molecule has 0 aromatic rings. The van der Waals surface area contributed by atoms with Gasteiger partial charge in [-0.1, -0.05) is 0 Å². The molecule has 0 saturated carbocycles. The second-order valence-electron chi connectivity index (χ2n) is 0.894. The first-order valence-electron chi connectivity index (χ1n) is 1.46. The minimum Gasteiger partial charge on any atom is -1.00 e. The molecule has 0 bridgehead atoms. The Morgan fingerprint density at radius 3 is 0.474 bits per heavy atom. The van der Waals surface area contributed by atoms with Crippen LogP contribution in [0.4, 0.5) is 0 Å². The van der Waals surface area contributed by atoms with E-state index in [9.17, 15) is 0 Å². The fourth-order valence-corrected chi connectivity index (χ4v) is 0. The van der Waals surface area contributed by atoms with Gasteiger partial charge >= 0.3 is 189 Å². The van der Waals surface area contributed by atoms with E-state index in [1.165, 1.54) is 0 Å². The Balaban J connectivity index is -0.00000000508. The van der Waals surface area contributed by atoms with Gasteiger partial charge in [-0.2, -0.15) is 15.6 Å². The van der Waals surface area contributed by atoms with Crippen molar-refractivity contribution in [1.82, 2.24) is 0 Å². The predicted molar refractivity (Wildman–Crippen MR) is 44.0 cm³/mol. The minimum absolute atomic E-state index is 0. The van der Waals surface area contributed by atoms with Crippen LogP contribution in [0.1, 0.15) is 0 Å². The van der Waals surface area contributed by atoms with E-state index >= 15 is 0 Å². The Hall–Kier alpha value is 6.96. The summed E-state index contributed by atoms with van der Waals surface area (Å²) in [7, 11) is -10.8. The molecule has 0 saturated heterocycles. The summed E-state index contributed by atoms with van der Waals surface area (Å²) >= 11 is 0. The van der Waals surface area contributed by atoms with Crippen LogP contribution in [0.5, 0.6) is 0 Å². The van der Waals surface area contributed by atoms with Crippen LogP contribution in [-0.2, 0) is 9.13 Å². The SMILES string of the molecule is O=P([O-])([O-])[O-].O=P([O-])([O-])[O-].[Ca+2].[Ca+2].[Ca+2].[Ca+2].[Ca+2].[Cl-].[Cl-].[F-].[F-]. The first-order valence-corrected chi connectivity index (χ1v) is 4.38. The standard InChI is InChI=1S/5Ca.2ClH.2FH.2H3O4P/c;;;;;;;;;2*1-5(2,3)4/h;;;;;4*1H;2*(H3,1,2,3,4)/q5*+2;;;;;;/p-10. The minimum atomic E-state index is -5.39. The molecule has 96 valence electrons. The maximum absolute atomic E-state index is 8.55. The van der Waals surface area contributed by atoms with Gasteiger partial charge in [0.05, 0.1) is 0 Å². The number of phosphoric acid groups is 2. The van der Waals surface area contributed by atoms with Crippen LogP contribution in [0, 0.1) is 0 Å². The summed E-state index contributed by atoms with van der Waals surface area (Å²) in [6, 6.07) is 0. The van der Waals surface area contributed by atoms with Gasteiger partial charge < -0.3 is 72.7 Å². The molecule has 0 aliphatic heterocycles. The van der Waals surface area contributed by atoms with E-state index in [0.29, 0.717) is 0 Å². The fraction of sp³-hybridized carbons (Fsp3) is 0. The molecule has 8 nitrogen and oxygen atoms in total.